The summed E-state index contributed by atoms with van der Waals surface area (Å²) in [6.45, 7) is 4.65. The Kier molecular flexibility index (Phi) is 8.15. The van der Waals surface area contributed by atoms with Crippen molar-refractivity contribution in [3.8, 4) is 0 Å². The van der Waals surface area contributed by atoms with E-state index in [9.17, 15) is 30.8 Å². The van der Waals surface area contributed by atoms with Gasteiger partial charge in [0.2, 0.25) is 15.9 Å². The monoisotopic (exact) mass is 435 g/mol. The molecule has 0 saturated carbocycles. The first-order valence-corrected chi connectivity index (χ1v) is 10.0. The number of nitrogens with one attached hydrogen (secondary N) is 2. The van der Waals surface area contributed by atoms with Crippen LogP contribution in [-0.2, 0) is 21.4 Å². The predicted octanol–water partition coefficient (Wildman–Crippen LogP) is 2.68. The van der Waals surface area contributed by atoms with E-state index in [4.69, 9.17) is 5.73 Å². The fourth-order valence-corrected chi connectivity index (χ4v) is 2.87. The molecule has 1 atom stereocenters. The standard InChI is InChI=1S/C18H21F4N3O3S/c1-4-5-13(17(23)18(20,21)22)6-7-15(26)24-10-12-8-11(2)16(14(19)9-12)25-29(3,27)28/h4-9,17,25H,1,10,23H2,2-3H3,(H,24,26)/b7-6+,13-5-. The Labute approximate surface area is 166 Å². The average molecular weight is 435 g/mol. The molecule has 0 heterocycles. The van der Waals surface area contributed by atoms with Gasteiger partial charge in [-0.25, -0.2) is 12.8 Å². The number of carbonyl (C=O) groups is 1. The van der Waals surface area contributed by atoms with Crippen LogP contribution in [0, 0.1) is 12.7 Å². The number of anilines is 1. The molecule has 0 aromatic heterocycles. The van der Waals surface area contributed by atoms with Gasteiger partial charge in [0.05, 0.1) is 11.9 Å². The van der Waals surface area contributed by atoms with Crippen molar-refractivity contribution in [2.45, 2.75) is 25.7 Å². The molecule has 0 aliphatic carbocycles. The highest BCUT2D eigenvalue weighted by molar-refractivity contribution is 7.92. The first kappa shape index (κ1) is 24.4. The van der Waals surface area contributed by atoms with Crippen molar-refractivity contribution in [1.29, 1.82) is 0 Å². The summed E-state index contributed by atoms with van der Waals surface area (Å²) in [6.07, 6.45) is 0.122. The highest BCUT2D eigenvalue weighted by Crippen LogP contribution is 2.24. The van der Waals surface area contributed by atoms with Crippen molar-refractivity contribution < 1.29 is 30.8 Å². The molecule has 11 heteroatoms. The lowest BCUT2D eigenvalue weighted by Gasteiger charge is -2.16. The van der Waals surface area contributed by atoms with Gasteiger partial charge in [-0.15, -0.1) is 0 Å². The lowest BCUT2D eigenvalue weighted by molar-refractivity contribution is -0.138. The third-order valence-electron chi connectivity index (χ3n) is 3.55. The summed E-state index contributed by atoms with van der Waals surface area (Å²) in [7, 11) is -3.67. The molecule has 0 saturated heterocycles. The fourth-order valence-electron chi connectivity index (χ4n) is 2.24. The van der Waals surface area contributed by atoms with Crippen LogP contribution in [0.25, 0.3) is 0 Å². The summed E-state index contributed by atoms with van der Waals surface area (Å²) in [4.78, 5) is 11.9. The number of hydrogen-bond acceptors (Lipinski definition) is 4. The van der Waals surface area contributed by atoms with E-state index < -0.39 is 34.0 Å². The van der Waals surface area contributed by atoms with Crippen LogP contribution in [0.3, 0.4) is 0 Å². The number of nitrogens with two attached hydrogens (primary N) is 1. The van der Waals surface area contributed by atoms with Crippen LogP contribution in [0.2, 0.25) is 0 Å². The number of halogens is 4. The zero-order valence-electron chi connectivity index (χ0n) is 15.7. The average Bonchev–Trinajstić information content (AvgIpc) is 2.57. The molecule has 29 heavy (non-hydrogen) atoms. The molecule has 0 bridgehead atoms. The Morgan fingerprint density at radius 3 is 2.41 bits per heavy atom. The summed E-state index contributed by atoms with van der Waals surface area (Å²) >= 11 is 0. The van der Waals surface area contributed by atoms with Crippen LogP contribution < -0.4 is 15.8 Å². The number of sulfonamides is 1. The zero-order chi connectivity index (χ0) is 22.4. The molecule has 0 aliphatic rings. The second-order valence-corrected chi connectivity index (χ2v) is 7.87. The van der Waals surface area contributed by atoms with Crippen LogP contribution >= 0.6 is 0 Å². The Morgan fingerprint density at radius 1 is 1.31 bits per heavy atom. The van der Waals surface area contributed by atoms with Crippen LogP contribution in [0.1, 0.15) is 11.1 Å². The maximum absolute atomic E-state index is 14.1. The molecule has 6 nitrogen and oxygen atoms in total. The van der Waals surface area contributed by atoms with Crippen molar-refractivity contribution in [2.75, 3.05) is 11.0 Å². The van der Waals surface area contributed by atoms with E-state index in [1.165, 1.54) is 13.0 Å². The molecule has 0 fully saturated rings. The summed E-state index contributed by atoms with van der Waals surface area (Å²) in [5.74, 6) is -1.56. The molecule has 1 unspecified atom stereocenters. The van der Waals surface area contributed by atoms with Crippen LogP contribution in [0.4, 0.5) is 23.2 Å². The highest BCUT2D eigenvalue weighted by atomic mass is 32.2. The Bertz CT molecular complexity index is 915. The number of benzene rings is 1. The van der Waals surface area contributed by atoms with Gasteiger partial charge >= 0.3 is 6.18 Å². The molecular formula is C18H21F4N3O3S. The maximum atomic E-state index is 14.1. The van der Waals surface area contributed by atoms with Crippen molar-refractivity contribution in [3.05, 3.63) is 65.5 Å². The van der Waals surface area contributed by atoms with Crippen molar-refractivity contribution >= 4 is 21.6 Å². The normalized spacial score (nSPS) is 14.0. The summed E-state index contributed by atoms with van der Waals surface area (Å²) in [5.41, 5.74) is 5.17. The van der Waals surface area contributed by atoms with Gasteiger partial charge < -0.3 is 11.1 Å². The third kappa shape index (κ3) is 8.08. The summed E-state index contributed by atoms with van der Waals surface area (Å²) in [6, 6.07) is 0.215. The van der Waals surface area contributed by atoms with Crippen molar-refractivity contribution in [2.24, 2.45) is 5.73 Å². The molecule has 0 radical (unpaired) electrons. The maximum Gasteiger partial charge on any atom is 0.407 e. The number of allylic oxidation sites excluding steroid dienone is 2. The topological polar surface area (TPSA) is 101 Å². The van der Waals surface area contributed by atoms with Crippen LogP contribution in [-0.4, -0.2) is 32.8 Å². The van der Waals surface area contributed by atoms with Crippen LogP contribution in [0.15, 0.2) is 48.6 Å². The van der Waals surface area contributed by atoms with Gasteiger partial charge in [-0.2, -0.15) is 13.2 Å². The SMILES string of the molecule is C=C/C=C(/C=C/C(=O)NCc1cc(C)c(NS(C)(=O)=O)c(F)c1)C(N)C(F)(F)F. The molecular weight excluding hydrogens is 414 g/mol. The van der Waals surface area contributed by atoms with E-state index in [-0.39, 0.29) is 17.8 Å². The Balaban J connectivity index is 2.85. The lowest BCUT2D eigenvalue weighted by Crippen LogP contribution is -2.38. The molecule has 1 amide bonds. The molecule has 1 rings (SSSR count). The number of hydrogen-bond donors (Lipinski definition) is 3. The molecule has 0 aliphatic heterocycles. The van der Waals surface area contributed by atoms with Gasteiger partial charge in [0.25, 0.3) is 0 Å². The number of aryl methyl sites for hydroxylation is 1. The lowest BCUT2D eigenvalue weighted by atomic mass is 10.1. The first-order chi connectivity index (χ1) is 13.2. The van der Waals surface area contributed by atoms with Gasteiger partial charge in [0.15, 0.2) is 0 Å². The highest BCUT2D eigenvalue weighted by Gasteiger charge is 2.38. The first-order valence-electron chi connectivity index (χ1n) is 8.12. The van der Waals surface area contributed by atoms with Crippen molar-refractivity contribution in [3.63, 3.8) is 0 Å². The summed E-state index contributed by atoms with van der Waals surface area (Å²) in [5, 5.41) is 2.39. The van der Waals surface area contributed by atoms with Gasteiger partial charge in [-0.1, -0.05) is 30.9 Å². The fraction of sp³-hybridized carbons (Fsp3) is 0.278. The van der Waals surface area contributed by atoms with E-state index in [0.717, 1.165) is 36.6 Å². The van der Waals surface area contributed by atoms with Crippen molar-refractivity contribution in [1.82, 2.24) is 5.32 Å². The largest absolute Gasteiger partial charge is 0.407 e. The second-order valence-electron chi connectivity index (χ2n) is 6.12. The molecule has 1 aromatic carbocycles. The minimum atomic E-state index is -4.69. The van der Waals surface area contributed by atoms with Gasteiger partial charge in [0.1, 0.15) is 11.9 Å². The number of alkyl halides is 3. The third-order valence-corrected chi connectivity index (χ3v) is 4.13. The smallest absolute Gasteiger partial charge is 0.348 e. The van der Waals surface area contributed by atoms with E-state index in [0.29, 0.717) is 11.1 Å². The van der Waals surface area contributed by atoms with E-state index >= 15 is 0 Å². The quantitative estimate of drug-likeness (QED) is 0.332. The Morgan fingerprint density at radius 2 is 1.93 bits per heavy atom. The number of amides is 1. The minimum Gasteiger partial charge on any atom is -0.348 e. The van der Waals surface area contributed by atoms with E-state index in [1.54, 1.807) is 0 Å². The zero-order valence-corrected chi connectivity index (χ0v) is 16.5. The van der Waals surface area contributed by atoms with E-state index in [1.807, 2.05) is 0 Å². The van der Waals surface area contributed by atoms with Gasteiger partial charge in [-0.3, -0.25) is 9.52 Å². The van der Waals surface area contributed by atoms with Gasteiger partial charge in [-0.05, 0) is 29.7 Å². The molecule has 160 valence electrons. The molecule has 1 aromatic rings. The molecule has 0 spiro atoms. The number of rotatable bonds is 8. The van der Waals surface area contributed by atoms with Crippen LogP contribution in [0.5, 0.6) is 0 Å². The summed E-state index contributed by atoms with van der Waals surface area (Å²) < 4.78 is 76.8. The van der Waals surface area contributed by atoms with Gasteiger partial charge in [0, 0.05) is 12.6 Å². The second kappa shape index (κ2) is 9.70. The minimum absolute atomic E-state index is 0.133. The Hall–Kier alpha value is -2.66. The predicted molar refractivity (Wildman–Crippen MR) is 103 cm³/mol. The number of carbonyl (C=O) groups excluding carboxylic acids is 1. The molecule has 4 N–H and O–H groups in total. The van der Waals surface area contributed by atoms with E-state index in [2.05, 4.69) is 16.6 Å².